The molecule has 1 aliphatic rings. The lowest BCUT2D eigenvalue weighted by Crippen LogP contribution is -2.18. The van der Waals surface area contributed by atoms with E-state index < -0.39 is 0 Å². The summed E-state index contributed by atoms with van der Waals surface area (Å²) in [6.45, 7) is 2.11. The number of hydrogen-bond acceptors (Lipinski definition) is 5. The molecule has 30 heavy (non-hydrogen) atoms. The fourth-order valence-corrected chi connectivity index (χ4v) is 5.34. The molecule has 0 aliphatic carbocycles. The highest BCUT2D eigenvalue weighted by Crippen LogP contribution is 2.40. The molecule has 1 unspecified atom stereocenters. The Morgan fingerprint density at radius 1 is 1.00 bits per heavy atom. The van der Waals surface area contributed by atoms with Crippen molar-refractivity contribution in [3.05, 3.63) is 91.4 Å². The van der Waals surface area contributed by atoms with Crippen LogP contribution < -0.4 is 5.01 Å². The third-order valence-corrected chi connectivity index (χ3v) is 7.57. The van der Waals surface area contributed by atoms with Gasteiger partial charge in [0.25, 0.3) is 0 Å². The maximum atomic E-state index is 6.20. The van der Waals surface area contributed by atoms with E-state index in [0.29, 0.717) is 10.0 Å². The van der Waals surface area contributed by atoms with Crippen LogP contribution in [0.2, 0.25) is 10.0 Å². The lowest BCUT2D eigenvalue weighted by Gasteiger charge is -2.21. The molecule has 0 saturated carbocycles. The summed E-state index contributed by atoms with van der Waals surface area (Å²) >= 11 is 15.6. The van der Waals surface area contributed by atoms with Crippen LogP contribution in [0.15, 0.2) is 70.5 Å². The molecule has 0 amide bonds. The topological polar surface area (TPSA) is 28.5 Å². The number of nitrogens with zero attached hydrogens (tertiary/aromatic N) is 3. The van der Waals surface area contributed by atoms with E-state index in [1.807, 2.05) is 17.5 Å². The van der Waals surface area contributed by atoms with Crippen LogP contribution in [-0.2, 0) is 0 Å². The highest BCUT2D eigenvalue weighted by molar-refractivity contribution is 7.14. The van der Waals surface area contributed by atoms with E-state index >= 15 is 0 Å². The van der Waals surface area contributed by atoms with Crippen molar-refractivity contribution in [3.8, 4) is 11.3 Å². The van der Waals surface area contributed by atoms with Crippen molar-refractivity contribution in [1.29, 1.82) is 0 Å². The van der Waals surface area contributed by atoms with Gasteiger partial charge in [-0.1, -0.05) is 65.2 Å². The molecule has 0 fully saturated rings. The Morgan fingerprint density at radius 2 is 1.83 bits per heavy atom. The monoisotopic (exact) mass is 469 g/mol. The minimum atomic E-state index is 0.121. The molecule has 2 aromatic carbocycles. The zero-order valence-corrected chi connectivity index (χ0v) is 19.2. The Kier molecular flexibility index (Phi) is 5.37. The summed E-state index contributed by atoms with van der Waals surface area (Å²) in [6, 6.07) is 18.6. The Bertz CT molecular complexity index is 1210. The normalized spacial score (nSPS) is 16.2. The first-order valence-corrected chi connectivity index (χ1v) is 12.0. The first-order chi connectivity index (χ1) is 14.6. The van der Waals surface area contributed by atoms with E-state index in [1.165, 1.54) is 16.0 Å². The summed E-state index contributed by atoms with van der Waals surface area (Å²) in [4.78, 5) is 6.09. The Hall–Kier alpha value is -2.18. The van der Waals surface area contributed by atoms with E-state index in [-0.39, 0.29) is 6.04 Å². The van der Waals surface area contributed by atoms with Crippen molar-refractivity contribution in [3.63, 3.8) is 0 Å². The second kappa shape index (κ2) is 8.16. The molecule has 4 aromatic rings. The second-order valence-electron chi connectivity index (χ2n) is 7.14. The standard InChI is InChI=1S/C23H17Cl2N3S2/c1-14-4-6-15(7-5-14)21-12-19(22-3-2-10-29-22)27-28(21)23-26-20(13-30-23)16-8-9-17(24)18(25)11-16/h2-11,13,21H,12H2,1H3. The van der Waals surface area contributed by atoms with E-state index in [4.69, 9.17) is 33.3 Å². The van der Waals surface area contributed by atoms with Gasteiger partial charge in [-0.05, 0) is 36.1 Å². The molecule has 3 nitrogen and oxygen atoms in total. The summed E-state index contributed by atoms with van der Waals surface area (Å²) in [5.41, 5.74) is 5.40. The number of halogens is 2. The highest BCUT2D eigenvalue weighted by Gasteiger charge is 2.32. The third-order valence-electron chi connectivity index (χ3n) is 5.08. The number of rotatable bonds is 4. The van der Waals surface area contributed by atoms with Gasteiger partial charge in [0.05, 0.1) is 32.4 Å². The van der Waals surface area contributed by atoms with Gasteiger partial charge in [0.1, 0.15) is 0 Å². The van der Waals surface area contributed by atoms with Gasteiger partial charge in [-0.15, -0.1) is 22.7 Å². The predicted octanol–water partition coefficient (Wildman–Crippen LogP) is 7.84. The van der Waals surface area contributed by atoms with E-state index in [1.54, 1.807) is 28.7 Å². The number of hydrogen-bond donors (Lipinski definition) is 0. The van der Waals surface area contributed by atoms with E-state index in [2.05, 4.69) is 53.7 Å². The number of benzene rings is 2. The number of hydrazone groups is 1. The molecule has 0 radical (unpaired) electrons. The largest absolute Gasteiger partial charge is 0.231 e. The van der Waals surface area contributed by atoms with Crippen molar-refractivity contribution < 1.29 is 0 Å². The molecule has 0 saturated heterocycles. The molecule has 150 valence electrons. The van der Waals surface area contributed by atoms with Gasteiger partial charge in [0, 0.05) is 17.4 Å². The second-order valence-corrected chi connectivity index (χ2v) is 9.74. The van der Waals surface area contributed by atoms with Crippen LogP contribution in [0, 0.1) is 6.92 Å². The average Bonchev–Trinajstić information content (AvgIpc) is 3.50. The van der Waals surface area contributed by atoms with Crippen molar-refractivity contribution in [2.24, 2.45) is 5.10 Å². The number of thiophene rings is 1. The highest BCUT2D eigenvalue weighted by atomic mass is 35.5. The van der Waals surface area contributed by atoms with Crippen molar-refractivity contribution in [1.82, 2.24) is 4.98 Å². The number of thiazole rings is 1. The maximum absolute atomic E-state index is 6.20. The van der Waals surface area contributed by atoms with Gasteiger partial charge in [-0.2, -0.15) is 5.10 Å². The van der Waals surface area contributed by atoms with Crippen LogP contribution in [0.25, 0.3) is 11.3 Å². The fraction of sp³-hybridized carbons (Fsp3) is 0.130. The van der Waals surface area contributed by atoms with Crippen LogP contribution in [0.3, 0.4) is 0 Å². The first kappa shape index (κ1) is 19.8. The van der Waals surface area contributed by atoms with Crippen LogP contribution in [0.4, 0.5) is 5.13 Å². The molecule has 0 spiro atoms. The summed E-state index contributed by atoms with van der Waals surface area (Å²) in [5.74, 6) is 0. The summed E-state index contributed by atoms with van der Waals surface area (Å²) in [5, 5.41) is 13.1. The zero-order chi connectivity index (χ0) is 20.7. The van der Waals surface area contributed by atoms with E-state index in [0.717, 1.165) is 28.5 Å². The zero-order valence-electron chi connectivity index (χ0n) is 16.0. The molecule has 2 aromatic heterocycles. The molecule has 3 heterocycles. The summed E-state index contributed by atoms with van der Waals surface area (Å²) < 4.78 is 0. The molecule has 7 heteroatoms. The fourth-order valence-electron chi connectivity index (χ4n) is 3.48. The van der Waals surface area contributed by atoms with Gasteiger partial charge in [-0.25, -0.2) is 9.99 Å². The lowest BCUT2D eigenvalue weighted by atomic mass is 10.0. The van der Waals surface area contributed by atoms with Gasteiger partial charge in [-0.3, -0.25) is 0 Å². The number of aromatic nitrogens is 1. The summed E-state index contributed by atoms with van der Waals surface area (Å²) in [7, 11) is 0. The van der Waals surface area contributed by atoms with Crippen LogP contribution >= 0.6 is 45.9 Å². The van der Waals surface area contributed by atoms with Crippen molar-refractivity contribution in [2.45, 2.75) is 19.4 Å². The molecule has 1 atom stereocenters. The third kappa shape index (κ3) is 3.79. The minimum absolute atomic E-state index is 0.121. The van der Waals surface area contributed by atoms with Gasteiger partial charge in [0.15, 0.2) is 0 Å². The number of anilines is 1. The minimum Gasteiger partial charge on any atom is -0.231 e. The molecule has 0 N–H and O–H groups in total. The average molecular weight is 470 g/mol. The molecule has 5 rings (SSSR count). The molecule has 0 bridgehead atoms. The lowest BCUT2D eigenvalue weighted by molar-refractivity contribution is 0.706. The SMILES string of the molecule is Cc1ccc(C2CC(c3cccs3)=NN2c2nc(-c3ccc(Cl)c(Cl)c3)cs2)cc1. The van der Waals surface area contributed by atoms with Crippen LogP contribution in [-0.4, -0.2) is 10.7 Å². The van der Waals surface area contributed by atoms with Gasteiger partial charge in [0.2, 0.25) is 5.13 Å². The Morgan fingerprint density at radius 3 is 2.57 bits per heavy atom. The molecular weight excluding hydrogens is 453 g/mol. The number of aryl methyl sites for hydroxylation is 1. The first-order valence-electron chi connectivity index (χ1n) is 9.46. The Balaban J connectivity index is 1.53. The smallest absolute Gasteiger partial charge is 0.207 e. The van der Waals surface area contributed by atoms with Crippen LogP contribution in [0.5, 0.6) is 0 Å². The van der Waals surface area contributed by atoms with Crippen LogP contribution in [0.1, 0.15) is 28.5 Å². The maximum Gasteiger partial charge on any atom is 0.207 e. The van der Waals surface area contributed by atoms with Gasteiger partial charge >= 0.3 is 0 Å². The molecule has 1 aliphatic heterocycles. The molecular formula is C23H17Cl2N3S2. The predicted molar refractivity (Wildman–Crippen MR) is 129 cm³/mol. The summed E-state index contributed by atoms with van der Waals surface area (Å²) in [6.07, 6.45) is 0.852. The Labute approximate surface area is 193 Å². The van der Waals surface area contributed by atoms with Crippen molar-refractivity contribution in [2.75, 3.05) is 5.01 Å². The quantitative estimate of drug-likeness (QED) is 0.304. The van der Waals surface area contributed by atoms with Crippen molar-refractivity contribution >= 4 is 56.7 Å². The van der Waals surface area contributed by atoms with Gasteiger partial charge < -0.3 is 0 Å². The van der Waals surface area contributed by atoms with E-state index in [9.17, 15) is 0 Å².